The van der Waals surface area contributed by atoms with Gasteiger partial charge in [-0.2, -0.15) is 0 Å². The molecule has 0 saturated heterocycles. The summed E-state index contributed by atoms with van der Waals surface area (Å²) < 4.78 is 6.16. The summed E-state index contributed by atoms with van der Waals surface area (Å²) in [6.07, 6.45) is 0.127. The van der Waals surface area contributed by atoms with Crippen LogP contribution in [-0.2, 0) is 17.8 Å². The third kappa shape index (κ3) is 4.16. The molecule has 0 radical (unpaired) electrons. The molecule has 0 fully saturated rings. The summed E-state index contributed by atoms with van der Waals surface area (Å²) in [7, 11) is 1.67. The molecule has 0 aliphatic heterocycles. The predicted molar refractivity (Wildman–Crippen MR) is 80.0 cm³/mol. The fraction of sp³-hybridized carbons (Fsp3) is 0.250. The van der Waals surface area contributed by atoms with E-state index in [0.717, 1.165) is 21.2 Å². The van der Waals surface area contributed by atoms with Gasteiger partial charge in [0.15, 0.2) is 0 Å². The maximum absolute atomic E-state index is 10.3. The lowest BCUT2D eigenvalue weighted by atomic mass is 10.00. The molecule has 0 saturated carbocycles. The summed E-state index contributed by atoms with van der Waals surface area (Å²) in [5.41, 5.74) is 3.13. The van der Waals surface area contributed by atoms with E-state index in [1.807, 2.05) is 48.5 Å². The summed E-state index contributed by atoms with van der Waals surface area (Å²) >= 11 is 3.41. The second kappa shape index (κ2) is 6.85. The number of benzene rings is 2. The summed E-state index contributed by atoms with van der Waals surface area (Å²) in [5.74, 6) is 0. The van der Waals surface area contributed by atoms with Crippen molar-refractivity contribution in [3.63, 3.8) is 0 Å². The van der Waals surface area contributed by atoms with Gasteiger partial charge in [0.05, 0.1) is 12.7 Å². The minimum atomic E-state index is -0.488. The number of hydrogen-bond donors (Lipinski definition) is 1. The molecule has 0 aliphatic rings. The third-order valence-corrected chi connectivity index (χ3v) is 3.52. The Balaban J connectivity index is 2.08. The molecule has 2 aromatic carbocycles. The Morgan fingerprint density at radius 2 is 1.84 bits per heavy atom. The monoisotopic (exact) mass is 320 g/mol. The van der Waals surface area contributed by atoms with Gasteiger partial charge >= 0.3 is 0 Å². The van der Waals surface area contributed by atoms with Gasteiger partial charge in [-0.3, -0.25) is 0 Å². The maximum atomic E-state index is 10.3. The second-order valence-corrected chi connectivity index (χ2v) is 5.44. The minimum Gasteiger partial charge on any atom is -0.388 e. The van der Waals surface area contributed by atoms with Crippen molar-refractivity contribution in [2.45, 2.75) is 19.1 Å². The highest BCUT2D eigenvalue weighted by atomic mass is 79.9. The predicted octanol–water partition coefficient (Wildman–Crippen LogP) is 3.87. The average Bonchev–Trinajstić information content (AvgIpc) is 2.42. The number of aliphatic hydroxyl groups excluding tert-OH is 1. The normalized spacial score (nSPS) is 12.4. The molecular formula is C16H17BrO2. The van der Waals surface area contributed by atoms with Gasteiger partial charge in [-0.15, -0.1) is 0 Å². The summed E-state index contributed by atoms with van der Waals surface area (Å²) in [6.45, 7) is 0.568. The Bertz CT molecular complexity index is 523. The van der Waals surface area contributed by atoms with Crippen molar-refractivity contribution < 1.29 is 9.84 Å². The molecule has 0 spiro atoms. The molecule has 2 rings (SSSR count). The van der Waals surface area contributed by atoms with E-state index in [1.165, 1.54) is 0 Å². The lowest BCUT2D eigenvalue weighted by Crippen LogP contribution is -2.02. The van der Waals surface area contributed by atoms with E-state index in [0.29, 0.717) is 13.0 Å². The van der Waals surface area contributed by atoms with E-state index >= 15 is 0 Å². The molecule has 2 nitrogen and oxygen atoms in total. The van der Waals surface area contributed by atoms with Crippen molar-refractivity contribution in [2.75, 3.05) is 7.11 Å². The highest BCUT2D eigenvalue weighted by Crippen LogP contribution is 2.21. The molecule has 0 aliphatic carbocycles. The largest absolute Gasteiger partial charge is 0.388 e. The van der Waals surface area contributed by atoms with Gasteiger partial charge in [-0.05, 0) is 28.8 Å². The van der Waals surface area contributed by atoms with Crippen LogP contribution in [0.5, 0.6) is 0 Å². The highest BCUT2D eigenvalue weighted by molar-refractivity contribution is 9.10. The smallest absolute Gasteiger partial charge is 0.0830 e. The first kappa shape index (κ1) is 14.3. The molecule has 3 heteroatoms. The Hall–Kier alpha value is -1.16. The van der Waals surface area contributed by atoms with Crippen molar-refractivity contribution in [1.29, 1.82) is 0 Å². The van der Waals surface area contributed by atoms with Crippen LogP contribution in [0.15, 0.2) is 53.0 Å². The van der Waals surface area contributed by atoms with Crippen LogP contribution in [0.2, 0.25) is 0 Å². The molecule has 1 N–H and O–H groups in total. The van der Waals surface area contributed by atoms with Crippen LogP contribution in [0.4, 0.5) is 0 Å². The first-order valence-electron chi connectivity index (χ1n) is 6.19. The third-order valence-electron chi connectivity index (χ3n) is 2.99. The van der Waals surface area contributed by atoms with Gasteiger partial charge in [-0.25, -0.2) is 0 Å². The van der Waals surface area contributed by atoms with E-state index in [-0.39, 0.29) is 0 Å². The van der Waals surface area contributed by atoms with Crippen LogP contribution < -0.4 is 0 Å². The zero-order valence-electron chi connectivity index (χ0n) is 10.8. The fourth-order valence-electron chi connectivity index (χ4n) is 2.02. The van der Waals surface area contributed by atoms with Gasteiger partial charge in [0.1, 0.15) is 0 Å². The molecule has 2 aromatic rings. The quantitative estimate of drug-likeness (QED) is 0.906. The van der Waals surface area contributed by atoms with E-state index in [2.05, 4.69) is 15.9 Å². The van der Waals surface area contributed by atoms with Crippen LogP contribution in [0.3, 0.4) is 0 Å². The van der Waals surface area contributed by atoms with Gasteiger partial charge in [0, 0.05) is 18.0 Å². The minimum absolute atomic E-state index is 0.488. The number of rotatable bonds is 5. The molecule has 1 unspecified atom stereocenters. The van der Waals surface area contributed by atoms with Crippen LogP contribution >= 0.6 is 15.9 Å². The molecule has 19 heavy (non-hydrogen) atoms. The van der Waals surface area contributed by atoms with E-state index < -0.39 is 6.10 Å². The first-order valence-corrected chi connectivity index (χ1v) is 6.98. The summed E-state index contributed by atoms with van der Waals surface area (Å²) in [6, 6.07) is 15.9. The Morgan fingerprint density at radius 3 is 2.53 bits per heavy atom. The van der Waals surface area contributed by atoms with Crippen LogP contribution in [0, 0.1) is 0 Å². The second-order valence-electron chi connectivity index (χ2n) is 4.52. The van der Waals surface area contributed by atoms with Crippen LogP contribution in [0.1, 0.15) is 22.8 Å². The number of ether oxygens (including phenoxy) is 1. The van der Waals surface area contributed by atoms with Crippen LogP contribution in [0.25, 0.3) is 0 Å². The topological polar surface area (TPSA) is 29.5 Å². The molecule has 100 valence electrons. The van der Waals surface area contributed by atoms with Gasteiger partial charge in [0.2, 0.25) is 0 Å². The van der Waals surface area contributed by atoms with Gasteiger partial charge in [0.25, 0.3) is 0 Å². The lowest BCUT2D eigenvalue weighted by Gasteiger charge is -2.12. The summed E-state index contributed by atoms with van der Waals surface area (Å²) in [5, 5.41) is 10.3. The zero-order valence-corrected chi connectivity index (χ0v) is 12.4. The molecule has 0 aromatic heterocycles. The van der Waals surface area contributed by atoms with E-state index in [1.54, 1.807) is 7.11 Å². The maximum Gasteiger partial charge on any atom is 0.0830 e. The van der Waals surface area contributed by atoms with Crippen LogP contribution in [-0.4, -0.2) is 12.2 Å². The van der Waals surface area contributed by atoms with Gasteiger partial charge < -0.3 is 9.84 Å². The fourth-order valence-corrected chi connectivity index (χ4v) is 2.28. The Labute approximate surface area is 122 Å². The lowest BCUT2D eigenvalue weighted by molar-refractivity contribution is 0.175. The SMILES string of the molecule is COCc1cccc(C(O)Cc2ccc(Br)cc2)c1. The zero-order chi connectivity index (χ0) is 13.7. The number of aliphatic hydroxyl groups is 1. The summed E-state index contributed by atoms with van der Waals surface area (Å²) in [4.78, 5) is 0. The number of methoxy groups -OCH3 is 1. The number of halogens is 1. The van der Waals surface area contributed by atoms with Crippen molar-refractivity contribution in [3.8, 4) is 0 Å². The van der Waals surface area contributed by atoms with E-state index in [9.17, 15) is 5.11 Å². The number of hydrogen-bond acceptors (Lipinski definition) is 2. The Morgan fingerprint density at radius 1 is 1.11 bits per heavy atom. The molecule has 0 heterocycles. The van der Waals surface area contributed by atoms with Crippen molar-refractivity contribution in [1.82, 2.24) is 0 Å². The standard InChI is InChI=1S/C16H17BrO2/c1-19-11-13-3-2-4-14(9-13)16(18)10-12-5-7-15(17)8-6-12/h2-9,16,18H,10-11H2,1H3. The highest BCUT2D eigenvalue weighted by Gasteiger charge is 2.09. The molecule has 0 amide bonds. The van der Waals surface area contributed by atoms with Gasteiger partial charge in [-0.1, -0.05) is 52.3 Å². The molecule has 1 atom stereocenters. The van der Waals surface area contributed by atoms with Crippen molar-refractivity contribution >= 4 is 15.9 Å². The average molecular weight is 321 g/mol. The molecular weight excluding hydrogens is 304 g/mol. The van der Waals surface area contributed by atoms with E-state index in [4.69, 9.17) is 4.74 Å². The Kier molecular flexibility index (Phi) is 5.14. The first-order chi connectivity index (χ1) is 9.19. The molecule has 0 bridgehead atoms. The van der Waals surface area contributed by atoms with Crippen molar-refractivity contribution in [3.05, 3.63) is 69.7 Å². The van der Waals surface area contributed by atoms with Crippen molar-refractivity contribution in [2.24, 2.45) is 0 Å².